The van der Waals surface area contributed by atoms with Crippen LogP contribution >= 0.6 is 0 Å². The standard InChI is InChI=1S/C8H13NO3/c1-11-8(10)6-7-2-4-12-5-3-9-7/h6,9H,2-5H2,1H3/b7-6+. The molecule has 1 aliphatic heterocycles. The number of hydrogen-bond donors (Lipinski definition) is 1. The molecule has 0 atom stereocenters. The lowest BCUT2D eigenvalue weighted by atomic mass is 10.3. The maximum Gasteiger partial charge on any atom is 0.332 e. The molecule has 0 saturated carbocycles. The average molecular weight is 171 g/mol. The second kappa shape index (κ2) is 4.77. The van der Waals surface area contributed by atoms with Crippen molar-refractivity contribution in [1.29, 1.82) is 0 Å². The van der Waals surface area contributed by atoms with Crippen LogP contribution in [0.1, 0.15) is 6.42 Å². The zero-order valence-corrected chi connectivity index (χ0v) is 7.13. The van der Waals surface area contributed by atoms with Crippen molar-refractivity contribution in [2.24, 2.45) is 0 Å². The van der Waals surface area contributed by atoms with Gasteiger partial charge >= 0.3 is 5.97 Å². The summed E-state index contributed by atoms with van der Waals surface area (Å²) >= 11 is 0. The zero-order chi connectivity index (χ0) is 8.81. The lowest BCUT2D eigenvalue weighted by molar-refractivity contribution is -0.134. The summed E-state index contributed by atoms with van der Waals surface area (Å²) in [5.74, 6) is -0.320. The molecule has 4 heteroatoms. The first-order valence-electron chi connectivity index (χ1n) is 3.93. The predicted octanol–water partition coefficient (Wildman–Crippen LogP) is 0.0532. The Kier molecular flexibility index (Phi) is 3.60. The third-order valence-electron chi connectivity index (χ3n) is 1.61. The summed E-state index contributed by atoms with van der Waals surface area (Å²) in [6.45, 7) is 2.11. The molecule has 4 nitrogen and oxygen atoms in total. The molecule has 1 heterocycles. The summed E-state index contributed by atoms with van der Waals surface area (Å²) in [5.41, 5.74) is 0.888. The number of rotatable bonds is 1. The summed E-state index contributed by atoms with van der Waals surface area (Å²) in [6.07, 6.45) is 2.21. The fraction of sp³-hybridized carbons (Fsp3) is 0.625. The Bertz CT molecular complexity index is 179. The molecule has 0 aliphatic carbocycles. The average Bonchev–Trinajstić information content (AvgIpc) is 2.33. The summed E-state index contributed by atoms with van der Waals surface area (Å²) in [6, 6.07) is 0. The van der Waals surface area contributed by atoms with Crippen molar-refractivity contribution in [2.75, 3.05) is 26.9 Å². The topological polar surface area (TPSA) is 47.6 Å². The Balaban J connectivity index is 2.47. The highest BCUT2D eigenvalue weighted by Gasteiger charge is 2.04. The van der Waals surface area contributed by atoms with Crippen LogP contribution < -0.4 is 5.32 Å². The van der Waals surface area contributed by atoms with E-state index in [4.69, 9.17) is 4.74 Å². The first kappa shape index (κ1) is 9.06. The highest BCUT2D eigenvalue weighted by Crippen LogP contribution is 2.01. The third-order valence-corrected chi connectivity index (χ3v) is 1.61. The molecule has 0 radical (unpaired) electrons. The summed E-state index contributed by atoms with van der Waals surface area (Å²) in [7, 11) is 1.37. The Morgan fingerprint density at radius 3 is 3.25 bits per heavy atom. The fourth-order valence-electron chi connectivity index (χ4n) is 0.981. The summed E-state index contributed by atoms with van der Waals surface area (Å²) in [5, 5.41) is 3.08. The van der Waals surface area contributed by atoms with Gasteiger partial charge < -0.3 is 14.8 Å². The normalized spacial score (nSPS) is 21.2. The summed E-state index contributed by atoms with van der Waals surface area (Å²) in [4.78, 5) is 10.8. The molecular weight excluding hydrogens is 158 g/mol. The van der Waals surface area contributed by atoms with Crippen molar-refractivity contribution < 1.29 is 14.3 Å². The van der Waals surface area contributed by atoms with Crippen LogP contribution in [0.15, 0.2) is 11.8 Å². The van der Waals surface area contributed by atoms with Crippen LogP contribution in [-0.2, 0) is 14.3 Å². The van der Waals surface area contributed by atoms with Crippen LogP contribution in [0.5, 0.6) is 0 Å². The van der Waals surface area contributed by atoms with Gasteiger partial charge in [-0.15, -0.1) is 0 Å². The van der Waals surface area contributed by atoms with E-state index in [1.54, 1.807) is 0 Å². The van der Waals surface area contributed by atoms with E-state index in [-0.39, 0.29) is 5.97 Å². The number of nitrogens with one attached hydrogen (secondary N) is 1. The van der Waals surface area contributed by atoms with Gasteiger partial charge in [0.2, 0.25) is 0 Å². The first-order valence-corrected chi connectivity index (χ1v) is 3.93. The van der Waals surface area contributed by atoms with Crippen LogP contribution in [0.3, 0.4) is 0 Å². The number of carbonyl (C=O) groups excluding carboxylic acids is 1. The molecule has 1 aliphatic rings. The molecule has 68 valence electrons. The van der Waals surface area contributed by atoms with E-state index in [1.807, 2.05) is 0 Å². The molecule has 0 aromatic carbocycles. The smallest absolute Gasteiger partial charge is 0.332 e. The number of ether oxygens (including phenoxy) is 2. The molecule has 1 N–H and O–H groups in total. The largest absolute Gasteiger partial charge is 0.466 e. The third kappa shape index (κ3) is 2.92. The van der Waals surface area contributed by atoms with Crippen molar-refractivity contribution in [3.05, 3.63) is 11.8 Å². The molecule has 1 saturated heterocycles. The molecule has 0 spiro atoms. The van der Waals surface area contributed by atoms with Crippen LogP contribution in [0, 0.1) is 0 Å². The molecule has 0 aromatic heterocycles. The second-order valence-corrected chi connectivity index (χ2v) is 2.48. The Labute approximate surface area is 71.5 Å². The highest BCUT2D eigenvalue weighted by molar-refractivity contribution is 5.82. The van der Waals surface area contributed by atoms with Gasteiger partial charge in [0.1, 0.15) is 0 Å². The molecule has 0 unspecified atom stereocenters. The Hall–Kier alpha value is -1.03. The molecular formula is C8H13NO3. The van der Waals surface area contributed by atoms with Gasteiger partial charge in [0, 0.05) is 24.7 Å². The molecule has 0 bridgehead atoms. The van der Waals surface area contributed by atoms with Gasteiger partial charge in [0.05, 0.1) is 20.3 Å². The highest BCUT2D eigenvalue weighted by atomic mass is 16.5. The lowest BCUT2D eigenvalue weighted by Gasteiger charge is -2.03. The van der Waals surface area contributed by atoms with E-state index < -0.39 is 0 Å². The molecule has 0 aromatic rings. The van der Waals surface area contributed by atoms with Gasteiger partial charge in [-0.3, -0.25) is 0 Å². The van der Waals surface area contributed by atoms with Gasteiger partial charge in [0.15, 0.2) is 0 Å². The monoisotopic (exact) mass is 171 g/mol. The van der Waals surface area contributed by atoms with Crippen molar-refractivity contribution in [3.63, 3.8) is 0 Å². The molecule has 0 amide bonds. The molecule has 1 rings (SSSR count). The van der Waals surface area contributed by atoms with Crippen LogP contribution in [0.25, 0.3) is 0 Å². The van der Waals surface area contributed by atoms with Crippen molar-refractivity contribution in [1.82, 2.24) is 5.32 Å². The van der Waals surface area contributed by atoms with Gasteiger partial charge in [-0.2, -0.15) is 0 Å². The summed E-state index contributed by atoms with van der Waals surface area (Å²) < 4.78 is 9.68. The van der Waals surface area contributed by atoms with Crippen LogP contribution in [-0.4, -0.2) is 32.8 Å². The van der Waals surface area contributed by atoms with Crippen molar-refractivity contribution in [2.45, 2.75) is 6.42 Å². The van der Waals surface area contributed by atoms with E-state index in [0.29, 0.717) is 13.2 Å². The van der Waals surface area contributed by atoms with Gasteiger partial charge in [-0.1, -0.05) is 0 Å². The van der Waals surface area contributed by atoms with Crippen molar-refractivity contribution in [3.8, 4) is 0 Å². The van der Waals surface area contributed by atoms with Gasteiger partial charge in [0.25, 0.3) is 0 Å². The van der Waals surface area contributed by atoms with Crippen LogP contribution in [0.2, 0.25) is 0 Å². The predicted molar refractivity (Wildman–Crippen MR) is 43.5 cm³/mol. The Morgan fingerprint density at radius 1 is 1.67 bits per heavy atom. The van der Waals surface area contributed by atoms with Gasteiger partial charge in [-0.25, -0.2) is 4.79 Å². The number of esters is 1. The van der Waals surface area contributed by atoms with E-state index in [1.165, 1.54) is 13.2 Å². The lowest BCUT2D eigenvalue weighted by Crippen LogP contribution is -2.16. The van der Waals surface area contributed by atoms with E-state index in [2.05, 4.69) is 10.1 Å². The minimum Gasteiger partial charge on any atom is -0.466 e. The minimum absolute atomic E-state index is 0.320. The van der Waals surface area contributed by atoms with Gasteiger partial charge in [-0.05, 0) is 0 Å². The zero-order valence-electron chi connectivity index (χ0n) is 7.13. The maximum absolute atomic E-state index is 10.8. The van der Waals surface area contributed by atoms with Crippen molar-refractivity contribution >= 4 is 5.97 Å². The number of hydrogen-bond acceptors (Lipinski definition) is 4. The van der Waals surface area contributed by atoms with E-state index in [0.717, 1.165) is 18.7 Å². The quantitative estimate of drug-likeness (QED) is 0.447. The van der Waals surface area contributed by atoms with E-state index in [9.17, 15) is 4.79 Å². The number of carbonyl (C=O) groups is 1. The van der Waals surface area contributed by atoms with Crippen LogP contribution in [0.4, 0.5) is 0 Å². The number of methoxy groups -OCH3 is 1. The first-order chi connectivity index (χ1) is 5.83. The fourth-order valence-corrected chi connectivity index (χ4v) is 0.981. The Morgan fingerprint density at radius 2 is 2.50 bits per heavy atom. The second-order valence-electron chi connectivity index (χ2n) is 2.48. The molecule has 12 heavy (non-hydrogen) atoms. The molecule has 1 fully saturated rings. The maximum atomic E-state index is 10.8. The SMILES string of the molecule is COC(=O)/C=C1\CCOCCN1. The minimum atomic E-state index is -0.320. The van der Waals surface area contributed by atoms with E-state index >= 15 is 0 Å².